The topological polar surface area (TPSA) is 203 Å². The van der Waals surface area contributed by atoms with E-state index in [9.17, 15) is 19.2 Å². The molecule has 3 N–H and O–H groups in total. The summed E-state index contributed by atoms with van der Waals surface area (Å²) in [6.45, 7) is 2.34. The van der Waals surface area contributed by atoms with E-state index in [1.54, 1.807) is 82.6 Å². The van der Waals surface area contributed by atoms with E-state index in [1.165, 1.54) is 16.7 Å². The molecule has 0 saturated heterocycles. The van der Waals surface area contributed by atoms with E-state index >= 15 is 0 Å². The van der Waals surface area contributed by atoms with Crippen LogP contribution in [0.25, 0.3) is 0 Å². The van der Waals surface area contributed by atoms with Gasteiger partial charge >= 0.3 is 0 Å². The molecule has 11 rings (SSSR count). The van der Waals surface area contributed by atoms with Gasteiger partial charge in [-0.05, 0) is 101 Å². The minimum Gasteiger partial charge on any atom is -0.307 e. The van der Waals surface area contributed by atoms with Crippen molar-refractivity contribution in [1.29, 1.82) is 0 Å². The quantitative estimate of drug-likeness (QED) is 0.0701. The first-order valence-corrected chi connectivity index (χ1v) is 29.6. The van der Waals surface area contributed by atoms with E-state index in [1.807, 2.05) is 114 Å². The molecule has 0 aliphatic carbocycles. The fourth-order valence-corrected chi connectivity index (χ4v) is 14.6. The molecule has 4 amide bonds. The zero-order valence-corrected chi connectivity index (χ0v) is 47.2. The molecule has 27 heteroatoms. The highest BCUT2D eigenvalue weighted by Gasteiger charge is 2.38. The van der Waals surface area contributed by atoms with Crippen LogP contribution in [0.2, 0.25) is 15.1 Å². The molecule has 0 fully saturated rings. The maximum atomic E-state index is 12.8. The third-order valence-electron chi connectivity index (χ3n) is 11.1. The van der Waals surface area contributed by atoms with Gasteiger partial charge in [0.05, 0.1) is 44.3 Å². The highest BCUT2D eigenvalue weighted by Crippen LogP contribution is 2.42. The highest BCUT2D eigenvalue weighted by atomic mass is 35.7. The molecule has 3 aromatic carbocycles. The minimum atomic E-state index is -0.669. The van der Waals surface area contributed by atoms with E-state index in [4.69, 9.17) is 50.7 Å². The molecule has 8 heterocycles. The molecule has 4 atom stereocenters. The van der Waals surface area contributed by atoms with E-state index in [0.29, 0.717) is 52.5 Å². The van der Waals surface area contributed by atoms with Crippen LogP contribution in [0, 0.1) is 0 Å². The number of hydrogen-bond donors (Lipinski definition) is 3. The summed E-state index contributed by atoms with van der Waals surface area (Å²) in [4.78, 5) is 56.0. The molecule has 0 saturated carbocycles. The van der Waals surface area contributed by atoms with Crippen molar-refractivity contribution in [1.82, 2.24) is 44.6 Å². The first kappa shape index (κ1) is 55.3. The van der Waals surface area contributed by atoms with Crippen molar-refractivity contribution in [2.45, 2.75) is 61.5 Å². The Balaban J connectivity index is 0.000000136. The molecular weight excluding hydrogens is 1130 g/mol. The number of aromatic nitrogens is 8. The largest absolute Gasteiger partial charge is 0.307 e. The summed E-state index contributed by atoms with van der Waals surface area (Å²) in [5, 5.41) is 30.0. The summed E-state index contributed by atoms with van der Waals surface area (Å²) in [6.07, 6.45) is 9.53. The number of hydrogen-bond acceptors (Lipinski definition) is 14. The molecule has 74 heavy (non-hydrogen) atoms. The maximum absolute atomic E-state index is 12.8. The van der Waals surface area contributed by atoms with Crippen molar-refractivity contribution in [3.8, 4) is 0 Å². The summed E-state index contributed by atoms with van der Waals surface area (Å²) in [7, 11) is 14.2. The number of benzene rings is 3. The van der Waals surface area contributed by atoms with Gasteiger partial charge in [0.15, 0.2) is 23.3 Å². The number of nitrogens with zero attached hydrogens (tertiary/aromatic N) is 11. The van der Waals surface area contributed by atoms with E-state index in [0.717, 1.165) is 47.9 Å². The Morgan fingerprint density at radius 1 is 0.622 bits per heavy atom. The van der Waals surface area contributed by atoms with Crippen LogP contribution in [0.15, 0.2) is 122 Å². The molecule has 0 spiro atoms. The van der Waals surface area contributed by atoms with Gasteiger partial charge in [-0.3, -0.25) is 52.9 Å². The number of nitrogens with one attached hydrogen (secondary N) is 2. The van der Waals surface area contributed by atoms with Crippen molar-refractivity contribution < 1.29 is 24.4 Å². The Hall–Kier alpha value is -4.95. The van der Waals surface area contributed by atoms with Gasteiger partial charge in [-0.2, -0.15) is 24.8 Å². The average Bonchev–Trinajstić information content (AvgIpc) is 4.19. The summed E-state index contributed by atoms with van der Waals surface area (Å²) in [5.41, 5.74) is 4.75. The molecule has 4 unspecified atom stereocenters. The number of carbonyl (C=O) groups excluding carboxylic acids is 4. The molecular formula is C47H47Cl4N13O5S5. The Kier molecular flexibility index (Phi) is 18.5. The van der Waals surface area contributed by atoms with Crippen LogP contribution in [-0.4, -0.2) is 96.8 Å². The number of aryl methyl sites for hydroxylation is 4. The van der Waals surface area contributed by atoms with Crippen LogP contribution in [0.1, 0.15) is 23.6 Å². The summed E-state index contributed by atoms with van der Waals surface area (Å²) in [6, 6.07) is 22.6. The van der Waals surface area contributed by atoms with Crippen LogP contribution >= 0.6 is 91.6 Å². The van der Waals surface area contributed by atoms with Crippen LogP contribution < -0.4 is 20.6 Å². The number of fused-ring (bicyclic) bond motifs is 4. The first-order valence-electron chi connectivity index (χ1n) is 22.5. The lowest BCUT2D eigenvalue weighted by Crippen LogP contribution is -2.46. The average molecular weight is 1180 g/mol. The third kappa shape index (κ3) is 13.9. The second kappa shape index (κ2) is 24.8. The monoisotopic (exact) mass is 1170 g/mol. The molecule has 0 radical (unpaired) electrons. The van der Waals surface area contributed by atoms with Crippen LogP contribution in [-0.2, 0) is 75.6 Å². The van der Waals surface area contributed by atoms with Gasteiger partial charge in [-0.1, -0.05) is 71.2 Å². The van der Waals surface area contributed by atoms with Gasteiger partial charge in [0.25, 0.3) is 5.91 Å². The smallest absolute Gasteiger partial charge is 0.263 e. The second-order valence-corrected chi connectivity index (χ2v) is 25.8. The summed E-state index contributed by atoms with van der Waals surface area (Å²) in [5.74, 6) is 1.90. The molecule has 4 aliphatic heterocycles. The fraction of sp³-hybridized carbons (Fsp3) is 0.277. The zero-order valence-electron chi connectivity index (χ0n) is 40.1. The van der Waals surface area contributed by atoms with E-state index in [2.05, 4.69) is 30.1 Å². The van der Waals surface area contributed by atoms with Crippen LogP contribution in [0.3, 0.4) is 0 Å². The van der Waals surface area contributed by atoms with Gasteiger partial charge in [-0.25, -0.2) is 5.48 Å². The fourth-order valence-electron chi connectivity index (χ4n) is 7.73. The number of amides is 4. The van der Waals surface area contributed by atoms with Crippen LogP contribution in [0.4, 0.5) is 23.3 Å². The number of thioether (sulfide) groups is 3. The Labute approximate surface area is 464 Å². The Bertz CT molecular complexity index is 3210. The Morgan fingerprint density at radius 2 is 1.04 bits per heavy atom. The normalized spacial score (nSPS) is 18.2. The third-order valence-corrected chi connectivity index (χ3v) is 18.4. The standard InChI is InChI=1S/C15H15ClN4O3S.C15H16ClN3OS.C13H12ClN3OS.C4H4ClN3S2/c1-19-7-12-14(17-19)20(8-13(21)18-23)15(22)11(24-12)6-9-2-4-10(16)5-3-9;1-3-19-14-13(9-18(2)17-14)21-12(15(19)20)8-10-4-6-11(16)7-5-10;1-17-7-11-12(16-17)15-13(18)10(19-11)6-8-2-4-9(14)5-3-8;1-8-2-3-4(6-8)7-10(5)9-3/h2-5,7,11,23H,6,8H2,1H3,(H,18,21);4-7,9,12H,3,8H2,1-2H3;2-5,7,10H,6H2,1H3,(H,15,16,18);2H,1H3. The van der Waals surface area contributed by atoms with Crippen LogP contribution in [0.5, 0.6) is 0 Å². The van der Waals surface area contributed by atoms with Crippen molar-refractivity contribution in [3.63, 3.8) is 0 Å². The van der Waals surface area contributed by atoms with Gasteiger partial charge < -0.3 is 5.32 Å². The lowest BCUT2D eigenvalue weighted by Gasteiger charge is -2.29. The number of anilines is 3. The zero-order chi connectivity index (χ0) is 52.8. The van der Waals surface area contributed by atoms with Gasteiger partial charge in [0.2, 0.25) is 17.7 Å². The first-order chi connectivity index (χ1) is 35.4. The lowest BCUT2D eigenvalue weighted by molar-refractivity contribution is -0.129. The van der Waals surface area contributed by atoms with Crippen molar-refractivity contribution >= 4 is 147 Å². The number of carbonyl (C=O) groups is 4. The molecule has 7 aromatic rings. The summed E-state index contributed by atoms with van der Waals surface area (Å²) >= 11 is 22.2. The SMILES string of the molecule is CCN1C(=O)C(Cc2ccc(Cl)cc2)Sc2cn(C)nc21.Cn1cc2c(n1)N(CC(=O)NO)C(=O)C(Cc1ccc(Cl)cc1)S2.Cn1cc2c(n1)N=S(Cl)S2.Cn1cc2c(n1)NC(=O)C(Cc1ccc(Cl)cc1)S2. The molecule has 388 valence electrons. The lowest BCUT2D eigenvalue weighted by atomic mass is 10.1. The van der Waals surface area contributed by atoms with Gasteiger partial charge in [0, 0.05) is 74.6 Å². The maximum Gasteiger partial charge on any atom is 0.263 e. The number of rotatable bonds is 9. The van der Waals surface area contributed by atoms with Gasteiger partial charge in [0.1, 0.15) is 6.54 Å². The predicted molar refractivity (Wildman–Crippen MR) is 297 cm³/mol. The molecule has 18 nitrogen and oxygen atoms in total. The molecule has 4 aromatic heterocycles. The minimum absolute atomic E-state index is 0.00569. The van der Waals surface area contributed by atoms with Gasteiger partial charge in [-0.15, -0.1) is 35.3 Å². The number of halogens is 4. The van der Waals surface area contributed by atoms with Crippen molar-refractivity contribution in [3.05, 3.63) is 129 Å². The summed E-state index contributed by atoms with van der Waals surface area (Å²) < 4.78 is 10.9. The predicted octanol–water partition coefficient (Wildman–Crippen LogP) is 9.53. The Morgan fingerprint density at radius 3 is 1.53 bits per heavy atom. The van der Waals surface area contributed by atoms with E-state index in [-0.39, 0.29) is 40.0 Å². The van der Waals surface area contributed by atoms with Crippen molar-refractivity contribution in [2.75, 3.05) is 28.2 Å². The molecule has 4 aliphatic rings. The molecule has 0 bridgehead atoms. The highest BCUT2D eigenvalue weighted by molar-refractivity contribution is 8.78. The second-order valence-electron chi connectivity index (χ2n) is 16.7. The number of hydroxylamine groups is 1. The van der Waals surface area contributed by atoms with Crippen molar-refractivity contribution in [2.24, 2.45) is 32.6 Å². The van der Waals surface area contributed by atoms with E-state index < -0.39 is 14.8 Å².